The van der Waals surface area contributed by atoms with Crippen LogP contribution >= 0.6 is 0 Å². The predicted molar refractivity (Wildman–Crippen MR) is 118 cm³/mol. The van der Waals surface area contributed by atoms with E-state index in [0.717, 1.165) is 0 Å². The van der Waals surface area contributed by atoms with Crippen LogP contribution in [0.1, 0.15) is 19.4 Å². The molecule has 3 heterocycles. The second-order valence-corrected chi connectivity index (χ2v) is 8.04. The average Bonchev–Trinajstić information content (AvgIpc) is 3.46. The van der Waals surface area contributed by atoms with Gasteiger partial charge in [0.1, 0.15) is 29.2 Å². The van der Waals surface area contributed by atoms with Crippen molar-refractivity contribution in [3.05, 3.63) is 60.2 Å². The van der Waals surface area contributed by atoms with E-state index in [2.05, 4.69) is 25.5 Å². The maximum atomic E-state index is 14.2. The zero-order valence-electron chi connectivity index (χ0n) is 18.0. The molecule has 0 unspecified atom stereocenters. The topological polar surface area (TPSA) is 145 Å². The zero-order valence-corrected chi connectivity index (χ0v) is 18.0. The van der Waals surface area contributed by atoms with Crippen LogP contribution in [0.15, 0.2) is 53.4 Å². The van der Waals surface area contributed by atoms with Gasteiger partial charge >= 0.3 is 0 Å². The minimum absolute atomic E-state index is 0.0359. The van der Waals surface area contributed by atoms with Gasteiger partial charge in [0.2, 0.25) is 5.91 Å². The molecule has 0 aliphatic heterocycles. The van der Waals surface area contributed by atoms with Gasteiger partial charge < -0.3 is 20.7 Å². The Kier molecular flexibility index (Phi) is 5.88. The van der Waals surface area contributed by atoms with E-state index < -0.39 is 11.3 Å². The maximum absolute atomic E-state index is 14.2. The van der Waals surface area contributed by atoms with Crippen molar-refractivity contribution < 1.29 is 18.8 Å². The van der Waals surface area contributed by atoms with Crippen molar-refractivity contribution in [1.82, 2.24) is 24.9 Å². The first kappa shape index (κ1) is 22.1. The average molecular weight is 451 g/mol. The molecule has 11 heteroatoms. The minimum Gasteiger partial charge on any atom is -0.395 e. The molecule has 0 aliphatic rings. The lowest BCUT2D eigenvalue weighted by atomic mass is 9.94. The summed E-state index contributed by atoms with van der Waals surface area (Å²) >= 11 is 0. The second-order valence-electron chi connectivity index (χ2n) is 8.04. The highest BCUT2D eigenvalue weighted by Gasteiger charge is 2.27. The van der Waals surface area contributed by atoms with Crippen molar-refractivity contribution in [2.45, 2.75) is 20.4 Å². The fraction of sp³-hybridized carbons (Fsp3) is 0.227. The van der Waals surface area contributed by atoms with Crippen LogP contribution in [0.3, 0.4) is 0 Å². The molecule has 4 aromatic rings. The first-order valence-electron chi connectivity index (χ1n) is 10.1. The summed E-state index contributed by atoms with van der Waals surface area (Å²) in [5.74, 6) is -0.528. The van der Waals surface area contributed by atoms with E-state index in [1.807, 2.05) is 0 Å². The Balaban J connectivity index is 1.67. The number of nitrogens with two attached hydrogens (primary N) is 1. The normalized spacial score (nSPS) is 11.5. The fourth-order valence-corrected chi connectivity index (χ4v) is 2.96. The number of hydrogen-bond donors (Lipinski definition) is 3. The molecule has 3 aromatic heterocycles. The second kappa shape index (κ2) is 8.79. The lowest BCUT2D eigenvalue weighted by molar-refractivity contribution is -0.125. The number of hydrogen-bond acceptors (Lipinski definition) is 8. The molecule has 0 bridgehead atoms. The number of halogens is 1. The summed E-state index contributed by atoms with van der Waals surface area (Å²) < 4.78 is 20.7. The van der Waals surface area contributed by atoms with E-state index in [1.54, 1.807) is 48.9 Å². The molecule has 4 rings (SSSR count). The third-order valence-corrected chi connectivity index (χ3v) is 5.06. The number of amides is 1. The highest BCUT2D eigenvalue weighted by atomic mass is 19.1. The Morgan fingerprint density at radius 1 is 1.27 bits per heavy atom. The van der Waals surface area contributed by atoms with E-state index in [0.29, 0.717) is 22.6 Å². The summed E-state index contributed by atoms with van der Waals surface area (Å²) in [5.41, 5.74) is 7.16. The fourth-order valence-electron chi connectivity index (χ4n) is 2.96. The Labute approximate surface area is 188 Å². The van der Waals surface area contributed by atoms with Crippen molar-refractivity contribution in [3.63, 3.8) is 0 Å². The van der Waals surface area contributed by atoms with Gasteiger partial charge in [-0.3, -0.25) is 9.48 Å². The van der Waals surface area contributed by atoms with Gasteiger partial charge in [-0.1, -0.05) is 23.4 Å². The molecular formula is C22H22FN7O3. The van der Waals surface area contributed by atoms with E-state index >= 15 is 0 Å². The van der Waals surface area contributed by atoms with Gasteiger partial charge in [0.25, 0.3) is 0 Å². The Morgan fingerprint density at radius 2 is 2.06 bits per heavy atom. The summed E-state index contributed by atoms with van der Waals surface area (Å²) in [5, 5.41) is 20.5. The van der Waals surface area contributed by atoms with Crippen molar-refractivity contribution in [2.75, 3.05) is 17.7 Å². The van der Waals surface area contributed by atoms with Gasteiger partial charge in [-0.2, -0.15) is 5.10 Å². The number of nitrogens with zero attached hydrogens (tertiary/aromatic N) is 5. The van der Waals surface area contributed by atoms with Gasteiger partial charge in [0, 0.05) is 11.6 Å². The molecule has 33 heavy (non-hydrogen) atoms. The number of aliphatic hydroxyl groups excluding tert-OH is 1. The van der Waals surface area contributed by atoms with E-state index in [4.69, 9.17) is 10.3 Å². The first-order valence-corrected chi connectivity index (χ1v) is 10.1. The number of carbonyl (C=O) groups excluding carboxylic acids is 1. The summed E-state index contributed by atoms with van der Waals surface area (Å²) in [6, 6.07) is 9.77. The predicted octanol–water partition coefficient (Wildman–Crippen LogP) is 2.72. The molecule has 1 amide bonds. The van der Waals surface area contributed by atoms with E-state index in [-0.39, 0.29) is 36.3 Å². The summed E-state index contributed by atoms with van der Waals surface area (Å²) in [6.07, 6.45) is 2.80. The van der Waals surface area contributed by atoms with Crippen molar-refractivity contribution in [3.8, 4) is 22.9 Å². The van der Waals surface area contributed by atoms with Crippen LogP contribution in [0.5, 0.6) is 0 Å². The largest absolute Gasteiger partial charge is 0.395 e. The molecule has 0 saturated carbocycles. The molecule has 4 N–H and O–H groups in total. The third-order valence-electron chi connectivity index (χ3n) is 5.06. The number of aromatic nitrogens is 5. The zero-order chi connectivity index (χ0) is 23.6. The summed E-state index contributed by atoms with van der Waals surface area (Å²) in [4.78, 5) is 20.8. The van der Waals surface area contributed by atoms with Crippen LogP contribution < -0.4 is 11.1 Å². The number of benzene rings is 1. The number of aliphatic hydroxyl groups is 1. The van der Waals surface area contributed by atoms with Crippen LogP contribution in [0.2, 0.25) is 0 Å². The molecule has 0 saturated heterocycles. The third kappa shape index (κ3) is 4.58. The molecule has 1 aromatic carbocycles. The molecule has 0 fully saturated rings. The molecule has 0 spiro atoms. The monoisotopic (exact) mass is 451 g/mol. The van der Waals surface area contributed by atoms with E-state index in [9.17, 15) is 14.3 Å². The van der Waals surface area contributed by atoms with E-state index in [1.165, 1.54) is 18.5 Å². The minimum atomic E-state index is -0.997. The molecule has 10 nitrogen and oxygen atoms in total. The van der Waals surface area contributed by atoms with Crippen LogP contribution in [-0.4, -0.2) is 42.5 Å². The highest BCUT2D eigenvalue weighted by molar-refractivity contribution is 5.96. The van der Waals surface area contributed by atoms with Gasteiger partial charge in [0.05, 0.1) is 30.5 Å². The Morgan fingerprint density at radius 3 is 2.73 bits per heavy atom. The lowest BCUT2D eigenvalue weighted by Gasteiger charge is -2.20. The quantitative estimate of drug-likeness (QED) is 0.389. The molecule has 0 aliphatic carbocycles. The highest BCUT2D eigenvalue weighted by Crippen LogP contribution is 2.27. The van der Waals surface area contributed by atoms with Crippen molar-refractivity contribution >= 4 is 17.4 Å². The number of nitrogens with one attached hydrogen (secondary N) is 1. The van der Waals surface area contributed by atoms with Crippen molar-refractivity contribution in [1.29, 1.82) is 0 Å². The van der Waals surface area contributed by atoms with Gasteiger partial charge in [-0.25, -0.2) is 14.4 Å². The number of rotatable bonds is 7. The molecular weight excluding hydrogens is 429 g/mol. The first-order chi connectivity index (χ1) is 15.8. The van der Waals surface area contributed by atoms with Crippen molar-refractivity contribution in [2.24, 2.45) is 5.41 Å². The smallest absolute Gasteiger partial charge is 0.232 e. The van der Waals surface area contributed by atoms with Gasteiger partial charge in [-0.05, 0) is 26.0 Å². The van der Waals surface area contributed by atoms with Crippen LogP contribution in [0.25, 0.3) is 22.9 Å². The standard InChI is InChI=1S/C22H22FN7O3/c1-22(2,12-31)21(32)26-17-10-25-20(27-19(17)24)16-9-18(15-7-8-33-29-15)30(28-16)11-13-5-3-4-6-14(13)23/h3-10,31H,11-12H2,1-2H3,(H,26,32)(H2,24,25,27). The van der Waals surface area contributed by atoms with Crippen LogP contribution in [-0.2, 0) is 11.3 Å². The SMILES string of the molecule is CC(C)(CO)C(=O)Nc1cnc(-c2cc(-c3ccon3)n(Cc3ccccc3F)n2)nc1N. The Hall–Kier alpha value is -4.12. The molecule has 0 atom stereocenters. The number of nitrogen functional groups attached to an aromatic ring is 1. The maximum Gasteiger partial charge on any atom is 0.232 e. The lowest BCUT2D eigenvalue weighted by Crippen LogP contribution is -2.34. The summed E-state index contributed by atoms with van der Waals surface area (Å²) in [7, 11) is 0. The number of anilines is 2. The molecule has 170 valence electrons. The Bertz CT molecular complexity index is 1290. The molecule has 0 radical (unpaired) electrons. The van der Waals surface area contributed by atoms with Crippen LogP contribution in [0.4, 0.5) is 15.9 Å². The van der Waals surface area contributed by atoms with Gasteiger partial charge in [-0.15, -0.1) is 0 Å². The van der Waals surface area contributed by atoms with Crippen LogP contribution in [0, 0.1) is 11.2 Å². The number of carbonyl (C=O) groups is 1. The summed E-state index contributed by atoms with van der Waals surface area (Å²) in [6.45, 7) is 3.01. The van der Waals surface area contributed by atoms with Gasteiger partial charge in [0.15, 0.2) is 11.6 Å².